The number of halogens is 1. The number of benzene rings is 1. The number of H-pyrrole nitrogens is 2. The van der Waals surface area contributed by atoms with Crippen LogP contribution in [0.2, 0.25) is 0 Å². The first-order valence-corrected chi connectivity index (χ1v) is 8.82. The van der Waals surface area contributed by atoms with Crippen LogP contribution in [-0.4, -0.2) is 16.5 Å². The fraction of sp³-hybridized carbons (Fsp3) is 0.267. The Balaban J connectivity index is 2.02. The Morgan fingerprint density at radius 3 is 2.76 bits per heavy atom. The van der Waals surface area contributed by atoms with Crippen molar-refractivity contribution in [2.24, 2.45) is 0 Å². The molecule has 0 amide bonds. The molecule has 0 aliphatic carbocycles. The van der Waals surface area contributed by atoms with Gasteiger partial charge in [-0.1, -0.05) is 13.0 Å². The van der Waals surface area contributed by atoms with E-state index < -0.39 is 0 Å². The van der Waals surface area contributed by atoms with Gasteiger partial charge >= 0.3 is 5.69 Å². The normalized spacial score (nSPS) is 12.9. The average Bonchev–Trinajstić information content (AvgIpc) is 3.04. The van der Waals surface area contributed by atoms with Crippen molar-refractivity contribution in [3.8, 4) is 0 Å². The first kappa shape index (κ1) is 14.8. The van der Waals surface area contributed by atoms with E-state index in [1.165, 1.54) is 14.0 Å². The van der Waals surface area contributed by atoms with Crippen molar-refractivity contribution >= 4 is 45.0 Å². The molecule has 0 radical (unpaired) electrons. The van der Waals surface area contributed by atoms with Crippen molar-refractivity contribution in [1.29, 1.82) is 0 Å². The van der Waals surface area contributed by atoms with Crippen molar-refractivity contribution in [3.05, 3.63) is 54.1 Å². The second-order valence-corrected chi connectivity index (χ2v) is 7.76. The van der Waals surface area contributed by atoms with Gasteiger partial charge in [-0.25, -0.2) is 4.79 Å². The van der Waals surface area contributed by atoms with Crippen molar-refractivity contribution in [3.63, 3.8) is 0 Å². The maximum atomic E-state index is 11.4. The Labute approximate surface area is 140 Å². The Kier molecular flexibility index (Phi) is 4.46. The van der Waals surface area contributed by atoms with Crippen LogP contribution in [-0.2, 0) is 0 Å². The van der Waals surface area contributed by atoms with Gasteiger partial charge in [0.05, 0.1) is 20.0 Å². The van der Waals surface area contributed by atoms with Gasteiger partial charge < -0.3 is 15.3 Å². The highest BCUT2D eigenvalue weighted by atomic mass is 127. The molecule has 3 aromatic rings. The van der Waals surface area contributed by atoms with Crippen molar-refractivity contribution in [1.82, 2.24) is 15.3 Å². The highest BCUT2D eigenvalue weighted by Crippen LogP contribution is 2.28. The third-order valence-corrected chi connectivity index (χ3v) is 5.20. The Morgan fingerprint density at radius 1 is 1.24 bits per heavy atom. The zero-order valence-electron chi connectivity index (χ0n) is 11.6. The molecule has 2 heterocycles. The Hall–Kier alpha value is -1.12. The van der Waals surface area contributed by atoms with E-state index in [-0.39, 0.29) is 11.7 Å². The van der Waals surface area contributed by atoms with Gasteiger partial charge in [0.15, 0.2) is 0 Å². The summed E-state index contributed by atoms with van der Waals surface area (Å²) in [6, 6.07) is 8.45. The molecular formula is C15H16IN3OS. The molecule has 0 saturated heterocycles. The van der Waals surface area contributed by atoms with E-state index in [9.17, 15) is 4.79 Å². The SMILES string of the molecule is CCCNC(c1csc(I)c1)c1ccc2[nH]c(=O)[nH]c2c1. The van der Waals surface area contributed by atoms with Gasteiger partial charge in [-0.2, -0.15) is 0 Å². The largest absolute Gasteiger partial charge is 0.323 e. The maximum absolute atomic E-state index is 11.4. The zero-order valence-corrected chi connectivity index (χ0v) is 14.5. The molecule has 2 aromatic heterocycles. The van der Waals surface area contributed by atoms with E-state index in [1.807, 2.05) is 12.1 Å². The second kappa shape index (κ2) is 6.33. The smallest absolute Gasteiger partial charge is 0.306 e. The van der Waals surface area contributed by atoms with Crippen molar-refractivity contribution < 1.29 is 0 Å². The van der Waals surface area contributed by atoms with E-state index in [4.69, 9.17) is 0 Å². The summed E-state index contributed by atoms with van der Waals surface area (Å²) in [6.45, 7) is 3.12. The summed E-state index contributed by atoms with van der Waals surface area (Å²) in [4.78, 5) is 17.0. The molecule has 0 fully saturated rings. The number of aromatic amines is 2. The Bertz CT molecular complexity index is 804. The van der Waals surface area contributed by atoms with Crippen LogP contribution >= 0.6 is 33.9 Å². The van der Waals surface area contributed by atoms with Crippen LogP contribution in [0.4, 0.5) is 0 Å². The van der Waals surface area contributed by atoms with Crippen LogP contribution in [0.3, 0.4) is 0 Å². The number of thiophene rings is 1. The molecule has 1 aromatic carbocycles. The quantitative estimate of drug-likeness (QED) is 0.560. The van der Waals surface area contributed by atoms with Crippen molar-refractivity contribution in [2.75, 3.05) is 6.54 Å². The molecule has 3 N–H and O–H groups in total. The summed E-state index contributed by atoms with van der Waals surface area (Å²) < 4.78 is 1.28. The lowest BCUT2D eigenvalue weighted by atomic mass is 10.0. The molecule has 3 rings (SSSR count). The average molecular weight is 413 g/mol. The maximum Gasteiger partial charge on any atom is 0.323 e. The van der Waals surface area contributed by atoms with Crippen LogP contribution in [0.25, 0.3) is 11.0 Å². The third kappa shape index (κ3) is 3.22. The number of hydrogen-bond acceptors (Lipinski definition) is 3. The minimum atomic E-state index is -0.162. The molecule has 0 aliphatic heterocycles. The van der Waals surface area contributed by atoms with Crippen LogP contribution in [0, 0.1) is 2.88 Å². The number of hydrogen-bond donors (Lipinski definition) is 3. The van der Waals surface area contributed by atoms with Gasteiger partial charge in [-0.05, 0) is 70.3 Å². The lowest BCUT2D eigenvalue weighted by Gasteiger charge is -2.18. The third-order valence-electron chi connectivity index (χ3n) is 3.39. The number of aromatic nitrogens is 2. The molecule has 0 aliphatic rings. The van der Waals surface area contributed by atoms with Gasteiger partial charge in [0.2, 0.25) is 0 Å². The van der Waals surface area contributed by atoms with Gasteiger partial charge in [0.1, 0.15) is 0 Å². The molecule has 6 heteroatoms. The van der Waals surface area contributed by atoms with Crippen LogP contribution in [0.5, 0.6) is 0 Å². The number of nitrogens with one attached hydrogen (secondary N) is 3. The topological polar surface area (TPSA) is 60.7 Å². The molecular weight excluding hydrogens is 397 g/mol. The highest BCUT2D eigenvalue weighted by molar-refractivity contribution is 14.1. The minimum Gasteiger partial charge on any atom is -0.306 e. The molecule has 110 valence electrons. The summed E-state index contributed by atoms with van der Waals surface area (Å²) in [6.07, 6.45) is 1.08. The summed E-state index contributed by atoms with van der Waals surface area (Å²) in [5.41, 5.74) is 3.98. The van der Waals surface area contributed by atoms with Gasteiger partial charge in [0.25, 0.3) is 0 Å². The molecule has 1 atom stereocenters. The zero-order chi connectivity index (χ0) is 14.8. The fourth-order valence-electron chi connectivity index (χ4n) is 2.42. The molecule has 1 unspecified atom stereocenters. The van der Waals surface area contributed by atoms with Gasteiger partial charge in [-0.15, -0.1) is 11.3 Å². The van der Waals surface area contributed by atoms with Gasteiger partial charge in [-0.3, -0.25) is 0 Å². The van der Waals surface area contributed by atoms with Crippen molar-refractivity contribution in [2.45, 2.75) is 19.4 Å². The monoisotopic (exact) mass is 413 g/mol. The van der Waals surface area contributed by atoms with Gasteiger partial charge in [0, 0.05) is 0 Å². The highest BCUT2D eigenvalue weighted by Gasteiger charge is 2.15. The molecule has 21 heavy (non-hydrogen) atoms. The van der Waals surface area contributed by atoms with E-state index >= 15 is 0 Å². The standard InChI is InChI=1S/C15H16IN3OS/c1-2-5-17-14(10-7-13(16)21-8-10)9-3-4-11-12(6-9)19-15(20)18-11/h3-4,6-8,14,17H,2,5H2,1H3,(H2,18,19,20). The summed E-state index contributed by atoms with van der Waals surface area (Å²) in [5.74, 6) is 0. The first-order chi connectivity index (χ1) is 10.2. The molecule has 0 saturated carbocycles. The second-order valence-electron chi connectivity index (χ2n) is 4.96. The van der Waals surface area contributed by atoms with Crippen LogP contribution in [0.1, 0.15) is 30.5 Å². The predicted molar refractivity (Wildman–Crippen MR) is 96.1 cm³/mol. The number of fused-ring (bicyclic) bond motifs is 1. The lowest BCUT2D eigenvalue weighted by molar-refractivity contribution is 0.600. The minimum absolute atomic E-state index is 0.160. The van der Waals surface area contributed by atoms with E-state index in [1.54, 1.807) is 11.3 Å². The first-order valence-electron chi connectivity index (χ1n) is 6.86. The molecule has 0 spiro atoms. The molecule has 0 bridgehead atoms. The number of rotatable bonds is 5. The summed E-state index contributed by atoms with van der Waals surface area (Å²) in [7, 11) is 0. The fourth-order valence-corrected chi connectivity index (χ4v) is 3.82. The predicted octanol–water partition coefficient (Wildman–Crippen LogP) is 3.61. The van der Waals surface area contributed by atoms with E-state index in [0.717, 1.165) is 24.0 Å². The van der Waals surface area contributed by atoms with E-state index in [0.29, 0.717) is 0 Å². The molecule has 4 nitrogen and oxygen atoms in total. The van der Waals surface area contributed by atoms with Crippen LogP contribution in [0.15, 0.2) is 34.4 Å². The van der Waals surface area contributed by atoms with E-state index in [2.05, 4.69) is 62.3 Å². The lowest BCUT2D eigenvalue weighted by Crippen LogP contribution is -2.22. The summed E-state index contributed by atoms with van der Waals surface area (Å²) in [5, 5.41) is 5.78. The van der Waals surface area contributed by atoms with Crippen LogP contribution < -0.4 is 11.0 Å². The Morgan fingerprint density at radius 2 is 2.05 bits per heavy atom. The number of imidazole rings is 1. The summed E-state index contributed by atoms with van der Waals surface area (Å²) >= 11 is 4.10.